The Hall–Kier alpha value is -0.680. The van der Waals surface area contributed by atoms with Crippen LogP contribution in [0.3, 0.4) is 0 Å². The largest absolute Gasteiger partial charge is 0.416 e. The molecule has 1 unspecified atom stereocenters. The molecule has 0 spiro atoms. The molecule has 0 aliphatic carbocycles. The van der Waals surface area contributed by atoms with Gasteiger partial charge in [-0.1, -0.05) is 6.07 Å². The van der Waals surface area contributed by atoms with E-state index >= 15 is 0 Å². The van der Waals surface area contributed by atoms with E-state index in [-0.39, 0.29) is 16.2 Å². The zero-order valence-corrected chi connectivity index (χ0v) is 9.83. The lowest BCUT2D eigenvalue weighted by Crippen LogP contribution is -2.07. The Kier molecular flexibility index (Phi) is 3.91. The van der Waals surface area contributed by atoms with Crippen LogP contribution in [0.4, 0.5) is 13.2 Å². The first kappa shape index (κ1) is 13.4. The molecule has 0 saturated carbocycles. The van der Waals surface area contributed by atoms with Crippen molar-refractivity contribution in [2.75, 3.05) is 0 Å². The summed E-state index contributed by atoms with van der Waals surface area (Å²) in [5.74, 6) is -0.336. The molecule has 6 heteroatoms. The van der Waals surface area contributed by atoms with Crippen LogP contribution in [0.15, 0.2) is 23.1 Å². The standard InChI is InChI=1S/C10H8ClF3OS/c1-5(15)9(11)7-3-2-6(4-8(7)16)10(12,13)14/h2-4,9,16H,1H3. The van der Waals surface area contributed by atoms with Crippen molar-refractivity contribution >= 4 is 30.0 Å². The van der Waals surface area contributed by atoms with Gasteiger partial charge in [-0.25, -0.2) is 0 Å². The minimum absolute atomic E-state index is 0.0602. The summed E-state index contributed by atoms with van der Waals surface area (Å²) in [6, 6.07) is 2.91. The summed E-state index contributed by atoms with van der Waals surface area (Å²) in [4.78, 5) is 11.1. The fourth-order valence-electron chi connectivity index (χ4n) is 1.15. The molecule has 88 valence electrons. The van der Waals surface area contributed by atoms with Gasteiger partial charge in [0.05, 0.1) is 5.56 Å². The molecule has 1 aromatic rings. The normalized spacial score (nSPS) is 13.6. The molecule has 0 aliphatic rings. The Morgan fingerprint density at radius 1 is 1.44 bits per heavy atom. The van der Waals surface area contributed by atoms with Gasteiger partial charge in [0.2, 0.25) is 0 Å². The Bertz CT molecular complexity index is 417. The number of halogens is 4. The molecule has 1 nitrogen and oxygen atoms in total. The number of carbonyl (C=O) groups excluding carboxylic acids is 1. The van der Waals surface area contributed by atoms with Crippen LogP contribution in [-0.4, -0.2) is 5.78 Å². The Morgan fingerprint density at radius 3 is 2.38 bits per heavy atom. The zero-order valence-electron chi connectivity index (χ0n) is 8.18. The number of thiol groups is 1. The molecule has 0 radical (unpaired) electrons. The third kappa shape index (κ3) is 2.92. The van der Waals surface area contributed by atoms with Crippen molar-refractivity contribution in [2.24, 2.45) is 0 Å². The minimum Gasteiger partial charge on any atom is -0.298 e. The van der Waals surface area contributed by atoms with Gasteiger partial charge in [0.1, 0.15) is 5.38 Å². The maximum atomic E-state index is 12.3. The first-order valence-corrected chi connectivity index (χ1v) is 5.16. The average molecular weight is 269 g/mol. The Labute approximate surface area is 101 Å². The van der Waals surface area contributed by atoms with Crippen LogP contribution >= 0.6 is 24.2 Å². The molecule has 0 aromatic heterocycles. The highest BCUT2D eigenvalue weighted by Crippen LogP contribution is 2.34. The second kappa shape index (κ2) is 4.67. The van der Waals surface area contributed by atoms with E-state index in [4.69, 9.17) is 11.6 Å². The van der Waals surface area contributed by atoms with Crippen molar-refractivity contribution in [1.82, 2.24) is 0 Å². The molecule has 1 rings (SSSR count). The van der Waals surface area contributed by atoms with E-state index in [1.807, 2.05) is 0 Å². The molecule has 0 amide bonds. The highest BCUT2D eigenvalue weighted by molar-refractivity contribution is 7.80. The van der Waals surface area contributed by atoms with Crippen LogP contribution in [0.1, 0.15) is 23.4 Å². The second-order valence-electron chi connectivity index (χ2n) is 3.24. The van der Waals surface area contributed by atoms with E-state index in [9.17, 15) is 18.0 Å². The number of benzene rings is 1. The number of ketones is 1. The fourth-order valence-corrected chi connectivity index (χ4v) is 1.76. The number of carbonyl (C=O) groups is 1. The predicted octanol–water partition coefficient (Wildman–Crippen LogP) is 3.86. The maximum absolute atomic E-state index is 12.3. The lowest BCUT2D eigenvalue weighted by Gasteiger charge is -2.12. The predicted molar refractivity (Wildman–Crippen MR) is 58.0 cm³/mol. The Balaban J connectivity index is 3.15. The third-order valence-corrected chi connectivity index (χ3v) is 2.92. The number of hydrogen-bond donors (Lipinski definition) is 1. The van der Waals surface area contributed by atoms with E-state index in [0.717, 1.165) is 12.1 Å². The van der Waals surface area contributed by atoms with Crippen LogP contribution in [-0.2, 0) is 11.0 Å². The number of hydrogen-bond acceptors (Lipinski definition) is 2. The first-order chi connectivity index (χ1) is 7.23. The van der Waals surface area contributed by atoms with Crippen LogP contribution in [0.25, 0.3) is 0 Å². The van der Waals surface area contributed by atoms with E-state index in [0.29, 0.717) is 0 Å². The van der Waals surface area contributed by atoms with Crippen LogP contribution in [0, 0.1) is 0 Å². The van der Waals surface area contributed by atoms with Gasteiger partial charge in [0.25, 0.3) is 0 Å². The number of alkyl halides is 4. The van der Waals surface area contributed by atoms with Crippen LogP contribution in [0.2, 0.25) is 0 Å². The summed E-state index contributed by atoms with van der Waals surface area (Å²) in [6.45, 7) is 1.27. The van der Waals surface area contributed by atoms with Gasteiger partial charge >= 0.3 is 6.18 Å². The van der Waals surface area contributed by atoms with Gasteiger partial charge < -0.3 is 0 Å². The summed E-state index contributed by atoms with van der Waals surface area (Å²) < 4.78 is 37.0. The summed E-state index contributed by atoms with van der Waals surface area (Å²) in [7, 11) is 0. The molecule has 1 aromatic carbocycles. The van der Waals surface area contributed by atoms with Crippen molar-refractivity contribution in [3.63, 3.8) is 0 Å². The van der Waals surface area contributed by atoms with Crippen molar-refractivity contribution in [1.29, 1.82) is 0 Å². The van der Waals surface area contributed by atoms with Gasteiger partial charge in [-0.2, -0.15) is 13.2 Å². The highest BCUT2D eigenvalue weighted by Gasteiger charge is 2.31. The minimum atomic E-state index is -4.42. The van der Waals surface area contributed by atoms with Crippen molar-refractivity contribution in [3.8, 4) is 0 Å². The molecule has 0 aliphatic heterocycles. The highest BCUT2D eigenvalue weighted by atomic mass is 35.5. The molecule has 0 N–H and O–H groups in total. The summed E-state index contributed by atoms with van der Waals surface area (Å²) in [5.41, 5.74) is -0.529. The molecule has 0 heterocycles. The lowest BCUT2D eigenvalue weighted by atomic mass is 10.1. The summed E-state index contributed by atoms with van der Waals surface area (Å²) >= 11 is 9.63. The molecule has 0 fully saturated rings. The van der Waals surface area contributed by atoms with Gasteiger partial charge in [0.15, 0.2) is 5.78 Å². The fraction of sp³-hybridized carbons (Fsp3) is 0.300. The molecule has 1 atom stereocenters. The van der Waals surface area contributed by atoms with Crippen LogP contribution < -0.4 is 0 Å². The molecule has 0 saturated heterocycles. The average Bonchev–Trinajstić information content (AvgIpc) is 2.15. The molecular weight excluding hydrogens is 261 g/mol. The molecule has 0 bridgehead atoms. The van der Waals surface area contributed by atoms with Gasteiger partial charge in [-0.3, -0.25) is 4.79 Å². The molecule has 16 heavy (non-hydrogen) atoms. The van der Waals surface area contributed by atoms with Gasteiger partial charge in [-0.15, -0.1) is 24.2 Å². The van der Waals surface area contributed by atoms with Crippen molar-refractivity contribution in [3.05, 3.63) is 29.3 Å². The molecular formula is C10H8ClF3OS. The number of Topliss-reactive ketones (excluding diaryl/α,β-unsaturated/α-hetero) is 1. The van der Waals surface area contributed by atoms with Crippen LogP contribution in [0.5, 0.6) is 0 Å². The second-order valence-corrected chi connectivity index (χ2v) is 4.16. The Morgan fingerprint density at radius 2 is 2.00 bits per heavy atom. The third-order valence-electron chi connectivity index (χ3n) is 1.99. The summed E-state index contributed by atoms with van der Waals surface area (Å²) in [6.07, 6.45) is -4.42. The van der Waals surface area contributed by atoms with E-state index < -0.39 is 17.1 Å². The van der Waals surface area contributed by atoms with E-state index in [2.05, 4.69) is 12.6 Å². The van der Waals surface area contributed by atoms with Crippen molar-refractivity contribution < 1.29 is 18.0 Å². The van der Waals surface area contributed by atoms with E-state index in [1.54, 1.807) is 0 Å². The number of rotatable bonds is 2. The SMILES string of the molecule is CC(=O)C(Cl)c1ccc(C(F)(F)F)cc1S. The first-order valence-electron chi connectivity index (χ1n) is 4.28. The maximum Gasteiger partial charge on any atom is 0.416 e. The van der Waals surface area contributed by atoms with Crippen molar-refractivity contribution in [2.45, 2.75) is 23.4 Å². The van der Waals surface area contributed by atoms with Gasteiger partial charge in [-0.05, 0) is 24.6 Å². The lowest BCUT2D eigenvalue weighted by molar-refractivity contribution is -0.137. The van der Waals surface area contributed by atoms with Gasteiger partial charge in [0, 0.05) is 4.90 Å². The monoisotopic (exact) mass is 268 g/mol. The topological polar surface area (TPSA) is 17.1 Å². The smallest absolute Gasteiger partial charge is 0.298 e. The zero-order chi connectivity index (χ0) is 12.5. The van der Waals surface area contributed by atoms with E-state index in [1.165, 1.54) is 13.0 Å². The summed E-state index contributed by atoms with van der Waals surface area (Å²) in [5, 5.41) is -0.963. The quantitative estimate of drug-likeness (QED) is 0.637.